The summed E-state index contributed by atoms with van der Waals surface area (Å²) in [6.07, 6.45) is 0.794. The summed E-state index contributed by atoms with van der Waals surface area (Å²) in [5.41, 5.74) is 0.785. The Bertz CT molecular complexity index is 794. The van der Waals surface area contributed by atoms with Crippen molar-refractivity contribution in [2.75, 3.05) is 10.2 Å². The topological polar surface area (TPSA) is 75.4 Å². The van der Waals surface area contributed by atoms with Gasteiger partial charge < -0.3 is 14.7 Å². The molecule has 126 valence electrons. The van der Waals surface area contributed by atoms with Gasteiger partial charge in [0.15, 0.2) is 5.82 Å². The van der Waals surface area contributed by atoms with E-state index in [1.807, 2.05) is 31.2 Å². The van der Waals surface area contributed by atoms with Crippen LogP contribution in [0.5, 0.6) is 0 Å². The lowest BCUT2D eigenvalue weighted by Crippen LogP contribution is -2.49. The van der Waals surface area contributed by atoms with Gasteiger partial charge in [-0.1, -0.05) is 23.4 Å². The van der Waals surface area contributed by atoms with Crippen molar-refractivity contribution in [3.63, 3.8) is 0 Å². The average molecular weight is 327 g/mol. The van der Waals surface area contributed by atoms with E-state index < -0.39 is 11.3 Å². The molecule has 2 heterocycles. The van der Waals surface area contributed by atoms with E-state index in [1.165, 1.54) is 0 Å². The van der Waals surface area contributed by atoms with E-state index in [2.05, 4.69) is 10.5 Å². The number of aryl methyl sites for hydroxylation is 1. The van der Waals surface area contributed by atoms with Crippen LogP contribution in [0.25, 0.3) is 0 Å². The summed E-state index contributed by atoms with van der Waals surface area (Å²) in [5, 5.41) is 6.40. The maximum Gasteiger partial charge on any atom is 0.242 e. The van der Waals surface area contributed by atoms with Gasteiger partial charge in [0.05, 0.1) is 0 Å². The summed E-state index contributed by atoms with van der Waals surface area (Å²) in [5.74, 6) is 0.278. The lowest BCUT2D eigenvalue weighted by atomic mass is 9.89. The minimum atomic E-state index is -1.22. The van der Waals surface area contributed by atoms with Crippen molar-refractivity contribution in [1.82, 2.24) is 5.16 Å². The van der Waals surface area contributed by atoms with E-state index >= 15 is 0 Å². The number of carbonyl (C=O) groups is 2. The Morgan fingerprint density at radius 1 is 1.33 bits per heavy atom. The van der Waals surface area contributed by atoms with E-state index in [9.17, 15) is 9.59 Å². The number of fused-ring (bicyclic) bond motifs is 1. The number of anilines is 2. The highest BCUT2D eigenvalue weighted by molar-refractivity contribution is 6.15. The standard InChI is InChI=1S/C18H21N3O3/c1-11-9-13-7-5-6-8-14(13)21(11)17(23)18(3,4)16(22)19-15-10-12(2)24-20-15/h5-8,10-11H,9H2,1-4H3,(H,19,20,22). The number of rotatable bonds is 3. The van der Waals surface area contributed by atoms with Crippen molar-refractivity contribution in [2.24, 2.45) is 5.41 Å². The van der Waals surface area contributed by atoms with E-state index in [4.69, 9.17) is 4.52 Å². The third kappa shape index (κ3) is 2.68. The molecule has 0 radical (unpaired) electrons. The Morgan fingerprint density at radius 2 is 2.04 bits per heavy atom. The van der Waals surface area contributed by atoms with E-state index in [0.717, 1.165) is 17.7 Å². The van der Waals surface area contributed by atoms with E-state index in [-0.39, 0.29) is 11.9 Å². The fourth-order valence-corrected chi connectivity index (χ4v) is 2.97. The maximum absolute atomic E-state index is 13.1. The molecule has 1 aliphatic rings. The number of hydrogen-bond donors (Lipinski definition) is 1. The molecule has 2 amide bonds. The van der Waals surface area contributed by atoms with Crippen LogP contribution in [0.15, 0.2) is 34.9 Å². The Balaban J connectivity index is 1.84. The second-order valence-corrected chi connectivity index (χ2v) is 6.76. The first-order valence-corrected chi connectivity index (χ1v) is 7.97. The number of nitrogens with zero attached hydrogens (tertiary/aromatic N) is 2. The molecule has 6 heteroatoms. The van der Waals surface area contributed by atoms with Crippen LogP contribution in [0.1, 0.15) is 32.1 Å². The highest BCUT2D eigenvalue weighted by atomic mass is 16.5. The highest BCUT2D eigenvalue weighted by Crippen LogP contribution is 2.35. The van der Waals surface area contributed by atoms with Gasteiger partial charge in [0.1, 0.15) is 11.2 Å². The number of aromatic nitrogens is 1. The average Bonchev–Trinajstić information content (AvgIpc) is 3.08. The summed E-state index contributed by atoms with van der Waals surface area (Å²) < 4.78 is 4.94. The number of amides is 2. The molecule has 1 unspecified atom stereocenters. The van der Waals surface area contributed by atoms with Gasteiger partial charge in [-0.15, -0.1) is 0 Å². The van der Waals surface area contributed by atoms with Gasteiger partial charge in [-0.05, 0) is 45.7 Å². The first-order chi connectivity index (χ1) is 11.3. The molecule has 0 saturated carbocycles. The molecule has 2 aromatic rings. The minimum absolute atomic E-state index is 0.0243. The molecule has 1 aromatic carbocycles. The second kappa shape index (κ2) is 5.78. The Kier molecular flexibility index (Phi) is 3.91. The minimum Gasteiger partial charge on any atom is -0.360 e. The zero-order valence-electron chi connectivity index (χ0n) is 14.3. The van der Waals surface area contributed by atoms with Gasteiger partial charge in [-0.3, -0.25) is 9.59 Å². The molecular formula is C18H21N3O3. The molecule has 0 aliphatic carbocycles. The van der Waals surface area contributed by atoms with Gasteiger partial charge in [0.2, 0.25) is 11.8 Å². The van der Waals surface area contributed by atoms with E-state index in [1.54, 1.807) is 31.7 Å². The van der Waals surface area contributed by atoms with Gasteiger partial charge in [-0.25, -0.2) is 0 Å². The third-order valence-electron chi connectivity index (χ3n) is 4.40. The number of benzene rings is 1. The number of nitrogens with one attached hydrogen (secondary N) is 1. The van der Waals surface area contributed by atoms with Crippen molar-refractivity contribution < 1.29 is 14.1 Å². The summed E-state index contributed by atoms with van der Waals surface area (Å²) in [4.78, 5) is 27.4. The van der Waals surface area contributed by atoms with Crippen LogP contribution in [0.2, 0.25) is 0 Å². The van der Waals surface area contributed by atoms with Crippen LogP contribution >= 0.6 is 0 Å². The smallest absolute Gasteiger partial charge is 0.242 e. The van der Waals surface area contributed by atoms with Crippen LogP contribution in [0.3, 0.4) is 0 Å². The summed E-state index contributed by atoms with van der Waals surface area (Å²) >= 11 is 0. The lowest BCUT2D eigenvalue weighted by molar-refractivity contribution is -0.136. The molecule has 0 spiro atoms. The largest absolute Gasteiger partial charge is 0.360 e. The molecule has 1 atom stereocenters. The molecule has 3 rings (SSSR count). The molecule has 6 nitrogen and oxygen atoms in total. The zero-order chi connectivity index (χ0) is 17.5. The van der Waals surface area contributed by atoms with Gasteiger partial charge >= 0.3 is 0 Å². The fraction of sp³-hybridized carbons (Fsp3) is 0.389. The second-order valence-electron chi connectivity index (χ2n) is 6.76. The highest BCUT2D eigenvalue weighted by Gasteiger charge is 2.43. The first kappa shape index (κ1) is 16.2. The van der Waals surface area contributed by atoms with Crippen LogP contribution < -0.4 is 10.2 Å². The zero-order valence-corrected chi connectivity index (χ0v) is 14.3. The van der Waals surface area contributed by atoms with Crippen molar-refractivity contribution in [2.45, 2.75) is 40.2 Å². The molecule has 1 aliphatic heterocycles. The van der Waals surface area contributed by atoms with Crippen LogP contribution in [-0.4, -0.2) is 23.0 Å². The Morgan fingerprint density at radius 3 is 2.71 bits per heavy atom. The number of hydrogen-bond acceptors (Lipinski definition) is 4. The molecule has 1 N–H and O–H groups in total. The summed E-state index contributed by atoms with van der Waals surface area (Å²) in [6, 6.07) is 9.45. The molecule has 0 fully saturated rings. The molecule has 1 aromatic heterocycles. The van der Waals surface area contributed by atoms with Crippen LogP contribution in [0, 0.1) is 12.3 Å². The number of para-hydroxylation sites is 1. The monoisotopic (exact) mass is 327 g/mol. The van der Waals surface area contributed by atoms with Gasteiger partial charge in [0, 0.05) is 17.8 Å². The summed E-state index contributed by atoms with van der Waals surface area (Å²) in [6.45, 7) is 6.99. The Hall–Kier alpha value is -2.63. The summed E-state index contributed by atoms with van der Waals surface area (Å²) in [7, 11) is 0. The molecular weight excluding hydrogens is 306 g/mol. The SMILES string of the molecule is Cc1cc(NC(=O)C(C)(C)C(=O)N2c3ccccc3CC2C)no1. The van der Waals surface area contributed by atoms with Crippen molar-refractivity contribution >= 4 is 23.3 Å². The van der Waals surface area contributed by atoms with Crippen LogP contribution in [0.4, 0.5) is 11.5 Å². The number of carbonyl (C=O) groups excluding carboxylic acids is 2. The van der Waals surface area contributed by atoms with Crippen molar-refractivity contribution in [3.8, 4) is 0 Å². The molecule has 24 heavy (non-hydrogen) atoms. The Labute approximate surface area is 140 Å². The first-order valence-electron chi connectivity index (χ1n) is 7.97. The fourth-order valence-electron chi connectivity index (χ4n) is 2.97. The predicted molar refractivity (Wildman–Crippen MR) is 90.7 cm³/mol. The van der Waals surface area contributed by atoms with Gasteiger partial charge in [0.25, 0.3) is 0 Å². The normalized spacial score (nSPS) is 16.8. The van der Waals surface area contributed by atoms with Crippen molar-refractivity contribution in [1.29, 1.82) is 0 Å². The van der Waals surface area contributed by atoms with Crippen molar-refractivity contribution in [3.05, 3.63) is 41.7 Å². The lowest BCUT2D eigenvalue weighted by Gasteiger charge is -2.31. The van der Waals surface area contributed by atoms with E-state index in [0.29, 0.717) is 11.6 Å². The third-order valence-corrected chi connectivity index (χ3v) is 4.40. The molecule has 0 bridgehead atoms. The molecule has 0 saturated heterocycles. The van der Waals surface area contributed by atoms with Gasteiger partial charge in [-0.2, -0.15) is 0 Å². The maximum atomic E-state index is 13.1. The van der Waals surface area contributed by atoms with Crippen LogP contribution in [-0.2, 0) is 16.0 Å². The quantitative estimate of drug-likeness (QED) is 0.880. The predicted octanol–water partition coefficient (Wildman–Crippen LogP) is 2.93.